The Morgan fingerprint density at radius 3 is 2.42 bits per heavy atom. The van der Waals surface area contributed by atoms with E-state index >= 15 is 0 Å². The molecule has 31 heavy (non-hydrogen) atoms. The van der Waals surface area contributed by atoms with E-state index in [9.17, 15) is 4.79 Å². The van der Waals surface area contributed by atoms with E-state index < -0.39 is 0 Å². The molecular weight excluding hydrogens is 388 g/mol. The van der Waals surface area contributed by atoms with Crippen LogP contribution in [-0.2, 0) is 17.9 Å². The molecule has 1 saturated heterocycles. The predicted molar refractivity (Wildman–Crippen MR) is 123 cm³/mol. The van der Waals surface area contributed by atoms with Gasteiger partial charge in [0.1, 0.15) is 0 Å². The van der Waals surface area contributed by atoms with Gasteiger partial charge in [0.2, 0.25) is 5.91 Å². The number of nitrogens with one attached hydrogen (secondary N) is 2. The fourth-order valence-corrected chi connectivity index (χ4v) is 3.59. The highest BCUT2D eigenvalue weighted by Crippen LogP contribution is 2.21. The van der Waals surface area contributed by atoms with Crippen molar-refractivity contribution >= 4 is 17.6 Å². The molecule has 4 rings (SSSR count). The number of guanidine groups is 1. The highest BCUT2D eigenvalue weighted by Gasteiger charge is 2.21. The largest absolute Gasteiger partial charge is 0.357 e. The fraction of sp³-hybridized carbons (Fsp3) is 0.292. The number of rotatable bonds is 7. The van der Waals surface area contributed by atoms with Crippen molar-refractivity contribution in [3.05, 3.63) is 78.1 Å². The Morgan fingerprint density at radius 1 is 1.03 bits per heavy atom. The smallest absolute Gasteiger partial charge is 0.227 e. The summed E-state index contributed by atoms with van der Waals surface area (Å²) in [6, 6.07) is 18.3. The number of hydrogen-bond donors (Lipinski definition) is 2. The van der Waals surface area contributed by atoms with E-state index in [1.807, 2.05) is 46.1 Å². The molecule has 3 aromatic rings. The first-order valence-electron chi connectivity index (χ1n) is 10.7. The van der Waals surface area contributed by atoms with Crippen LogP contribution in [0.2, 0.25) is 0 Å². The lowest BCUT2D eigenvalue weighted by Gasteiger charge is -2.16. The SMILES string of the molecule is CCNC(=NCc1ccc(N2CCCC2=O)cc1)NCc1ccc(-n2cccn2)cc1. The highest BCUT2D eigenvalue weighted by atomic mass is 16.2. The molecule has 7 heteroatoms. The molecular formula is C24H28N6O. The van der Waals surface area contributed by atoms with E-state index in [0.29, 0.717) is 19.5 Å². The van der Waals surface area contributed by atoms with E-state index in [2.05, 4.69) is 46.9 Å². The number of hydrogen-bond acceptors (Lipinski definition) is 3. The van der Waals surface area contributed by atoms with Crippen LogP contribution in [-0.4, -0.2) is 34.7 Å². The van der Waals surface area contributed by atoms with Gasteiger partial charge in [-0.2, -0.15) is 5.10 Å². The summed E-state index contributed by atoms with van der Waals surface area (Å²) in [6.45, 7) is 4.91. The van der Waals surface area contributed by atoms with Crippen molar-refractivity contribution in [2.45, 2.75) is 32.9 Å². The van der Waals surface area contributed by atoms with Gasteiger partial charge in [-0.3, -0.25) is 4.79 Å². The number of aromatic nitrogens is 2. The lowest BCUT2D eigenvalue weighted by atomic mass is 10.2. The molecule has 0 bridgehead atoms. The van der Waals surface area contributed by atoms with Crippen molar-refractivity contribution in [3.8, 4) is 5.69 Å². The Hall–Kier alpha value is -3.61. The van der Waals surface area contributed by atoms with Crippen molar-refractivity contribution in [1.29, 1.82) is 0 Å². The zero-order valence-electron chi connectivity index (χ0n) is 17.8. The van der Waals surface area contributed by atoms with Gasteiger partial charge in [-0.25, -0.2) is 9.67 Å². The summed E-state index contributed by atoms with van der Waals surface area (Å²) < 4.78 is 1.84. The minimum absolute atomic E-state index is 0.210. The highest BCUT2D eigenvalue weighted by molar-refractivity contribution is 5.95. The minimum Gasteiger partial charge on any atom is -0.357 e. The van der Waals surface area contributed by atoms with Crippen LogP contribution in [0, 0.1) is 0 Å². The Kier molecular flexibility index (Phi) is 6.62. The second kappa shape index (κ2) is 9.93. The van der Waals surface area contributed by atoms with Crippen molar-refractivity contribution in [3.63, 3.8) is 0 Å². The van der Waals surface area contributed by atoms with Crippen molar-refractivity contribution < 1.29 is 4.79 Å². The van der Waals surface area contributed by atoms with Crippen molar-refractivity contribution in [2.75, 3.05) is 18.0 Å². The Balaban J connectivity index is 1.34. The van der Waals surface area contributed by atoms with E-state index in [0.717, 1.165) is 42.4 Å². The van der Waals surface area contributed by atoms with Gasteiger partial charge in [-0.15, -0.1) is 0 Å². The lowest BCUT2D eigenvalue weighted by Crippen LogP contribution is -2.36. The summed E-state index contributed by atoms with van der Waals surface area (Å²) in [5, 5.41) is 10.9. The average molecular weight is 417 g/mol. The number of carbonyl (C=O) groups excluding carboxylic acids is 1. The maximum Gasteiger partial charge on any atom is 0.227 e. The number of aliphatic imine (C=N–C) groups is 1. The Labute approximate surface area is 182 Å². The molecule has 1 aliphatic rings. The summed E-state index contributed by atoms with van der Waals surface area (Å²) in [4.78, 5) is 18.5. The summed E-state index contributed by atoms with van der Waals surface area (Å²) in [6.07, 6.45) is 5.29. The first kappa shape index (κ1) is 20.7. The fourth-order valence-electron chi connectivity index (χ4n) is 3.59. The molecule has 0 atom stereocenters. The molecule has 1 fully saturated rings. The standard InChI is InChI=1S/C24H28N6O/c1-2-25-24(27-18-20-8-12-22(13-9-20)30-16-4-14-28-30)26-17-19-6-10-21(11-7-19)29-15-3-5-23(29)31/h4,6-14,16H,2-3,5,15,17-18H2,1H3,(H2,25,26,27). The monoisotopic (exact) mass is 416 g/mol. The summed E-state index contributed by atoms with van der Waals surface area (Å²) in [5.74, 6) is 0.986. The quantitative estimate of drug-likeness (QED) is 0.458. The van der Waals surface area contributed by atoms with E-state index in [1.165, 1.54) is 5.56 Å². The van der Waals surface area contributed by atoms with E-state index in [4.69, 9.17) is 4.99 Å². The first-order valence-corrected chi connectivity index (χ1v) is 10.7. The van der Waals surface area contributed by atoms with Crippen LogP contribution in [0.3, 0.4) is 0 Å². The van der Waals surface area contributed by atoms with Crippen LogP contribution in [0.15, 0.2) is 72.0 Å². The van der Waals surface area contributed by atoms with Gasteiger partial charge in [-0.05, 0) is 54.8 Å². The van der Waals surface area contributed by atoms with Crippen LogP contribution >= 0.6 is 0 Å². The molecule has 0 unspecified atom stereocenters. The third kappa shape index (κ3) is 5.31. The molecule has 2 N–H and O–H groups in total. The van der Waals surface area contributed by atoms with Gasteiger partial charge in [0, 0.05) is 44.1 Å². The number of nitrogens with zero attached hydrogens (tertiary/aromatic N) is 4. The first-order chi connectivity index (χ1) is 15.2. The Bertz CT molecular complexity index is 1010. The summed E-state index contributed by atoms with van der Waals surface area (Å²) in [7, 11) is 0. The van der Waals surface area contributed by atoms with Gasteiger partial charge in [0.15, 0.2) is 5.96 Å². The summed E-state index contributed by atoms with van der Waals surface area (Å²) in [5.41, 5.74) is 4.28. The normalized spacial score (nSPS) is 14.2. The molecule has 1 aromatic heterocycles. The molecule has 0 aliphatic carbocycles. The number of amides is 1. The molecule has 0 spiro atoms. The van der Waals surface area contributed by atoms with Gasteiger partial charge < -0.3 is 15.5 Å². The lowest BCUT2D eigenvalue weighted by molar-refractivity contribution is -0.117. The number of carbonyl (C=O) groups is 1. The third-order valence-corrected chi connectivity index (χ3v) is 5.25. The van der Waals surface area contributed by atoms with E-state index in [1.54, 1.807) is 6.20 Å². The zero-order valence-corrected chi connectivity index (χ0v) is 17.8. The average Bonchev–Trinajstić information content (AvgIpc) is 3.49. The second-order valence-corrected chi connectivity index (χ2v) is 7.48. The van der Waals surface area contributed by atoms with Gasteiger partial charge >= 0.3 is 0 Å². The Morgan fingerprint density at radius 2 is 1.77 bits per heavy atom. The van der Waals surface area contributed by atoms with Crippen LogP contribution in [0.4, 0.5) is 5.69 Å². The topological polar surface area (TPSA) is 74.6 Å². The number of anilines is 1. The van der Waals surface area contributed by atoms with Gasteiger partial charge in [0.05, 0.1) is 12.2 Å². The molecule has 0 radical (unpaired) electrons. The maximum atomic E-state index is 11.9. The molecule has 1 amide bonds. The van der Waals surface area contributed by atoms with E-state index in [-0.39, 0.29) is 5.91 Å². The molecule has 2 heterocycles. The van der Waals surface area contributed by atoms with Crippen LogP contribution in [0.25, 0.3) is 5.69 Å². The molecule has 160 valence electrons. The third-order valence-electron chi connectivity index (χ3n) is 5.25. The molecule has 1 aliphatic heterocycles. The van der Waals surface area contributed by atoms with Crippen molar-refractivity contribution in [1.82, 2.24) is 20.4 Å². The van der Waals surface area contributed by atoms with Crippen LogP contribution in [0.5, 0.6) is 0 Å². The molecule has 2 aromatic carbocycles. The zero-order chi connectivity index (χ0) is 21.5. The predicted octanol–water partition coefficient (Wildman–Crippen LogP) is 3.25. The summed E-state index contributed by atoms with van der Waals surface area (Å²) >= 11 is 0. The van der Waals surface area contributed by atoms with Crippen molar-refractivity contribution in [2.24, 2.45) is 4.99 Å². The van der Waals surface area contributed by atoms with Gasteiger partial charge in [-0.1, -0.05) is 24.3 Å². The van der Waals surface area contributed by atoms with Gasteiger partial charge in [0.25, 0.3) is 0 Å². The molecule has 0 saturated carbocycles. The number of benzene rings is 2. The van der Waals surface area contributed by atoms with Crippen LogP contribution < -0.4 is 15.5 Å². The molecule has 7 nitrogen and oxygen atoms in total. The minimum atomic E-state index is 0.210. The second-order valence-electron chi connectivity index (χ2n) is 7.48. The maximum absolute atomic E-state index is 11.9. The van der Waals surface area contributed by atoms with Crippen LogP contribution in [0.1, 0.15) is 30.9 Å².